The summed E-state index contributed by atoms with van der Waals surface area (Å²) < 4.78 is 15.1. The fourth-order valence-corrected chi connectivity index (χ4v) is 3.28. The van der Waals surface area contributed by atoms with E-state index in [1.807, 2.05) is 25.6 Å². The van der Waals surface area contributed by atoms with Gasteiger partial charge in [0.1, 0.15) is 5.82 Å². The summed E-state index contributed by atoms with van der Waals surface area (Å²) in [6, 6.07) is 6.25. The van der Waals surface area contributed by atoms with E-state index in [0.29, 0.717) is 24.6 Å². The van der Waals surface area contributed by atoms with Gasteiger partial charge in [0.2, 0.25) is 5.91 Å². The zero-order valence-electron chi connectivity index (χ0n) is 18.6. The predicted octanol–water partition coefficient (Wildman–Crippen LogP) is 2.02. The maximum atomic E-state index is 13.2. The average Bonchev–Trinajstić information content (AvgIpc) is 2.91. The molecule has 0 fully saturated rings. The molecule has 0 radical (unpaired) electrons. The van der Waals surface area contributed by atoms with Crippen molar-refractivity contribution in [2.45, 2.75) is 46.6 Å². The highest BCUT2D eigenvalue weighted by Crippen LogP contribution is 2.14. The highest BCUT2D eigenvalue weighted by molar-refractivity contribution is 5.80. The molecule has 0 saturated heterocycles. The van der Waals surface area contributed by atoms with Gasteiger partial charge in [-0.05, 0) is 57.4 Å². The van der Waals surface area contributed by atoms with Crippen LogP contribution in [-0.4, -0.2) is 47.3 Å². The van der Waals surface area contributed by atoms with Crippen molar-refractivity contribution in [1.82, 2.24) is 25.7 Å². The molecular formula is C22H33FN6O. The molecule has 0 aliphatic rings. The van der Waals surface area contributed by atoms with E-state index in [1.54, 1.807) is 12.1 Å². The van der Waals surface area contributed by atoms with Crippen molar-refractivity contribution in [3.8, 4) is 0 Å². The molecule has 0 saturated carbocycles. The van der Waals surface area contributed by atoms with Gasteiger partial charge in [-0.15, -0.1) is 0 Å². The summed E-state index contributed by atoms with van der Waals surface area (Å²) in [5.41, 5.74) is 4.12. The van der Waals surface area contributed by atoms with Crippen molar-refractivity contribution in [3.05, 3.63) is 52.6 Å². The third-order valence-electron chi connectivity index (χ3n) is 4.85. The standard InChI is InChI=1S/C22H33FN6O/c1-6-24-22(27-15(2)12-20-16(3)28-29(5)17(20)4)26-11-10-25-21(30)14-18-8-7-9-19(23)13-18/h7-9,13,15H,6,10-12,14H2,1-5H3,(H,25,30)(H2,24,26,27). The number of guanidine groups is 1. The van der Waals surface area contributed by atoms with Crippen LogP contribution in [-0.2, 0) is 24.7 Å². The van der Waals surface area contributed by atoms with E-state index in [0.717, 1.165) is 18.7 Å². The van der Waals surface area contributed by atoms with Crippen LogP contribution >= 0.6 is 0 Å². The fourth-order valence-electron chi connectivity index (χ4n) is 3.28. The van der Waals surface area contributed by atoms with Gasteiger partial charge in [-0.25, -0.2) is 4.39 Å². The number of aryl methyl sites for hydroxylation is 2. The minimum Gasteiger partial charge on any atom is -0.357 e. The Labute approximate surface area is 178 Å². The Morgan fingerprint density at radius 2 is 2.07 bits per heavy atom. The molecular weight excluding hydrogens is 383 g/mol. The van der Waals surface area contributed by atoms with Crippen molar-refractivity contribution in [2.24, 2.45) is 12.0 Å². The molecule has 0 aliphatic carbocycles. The second-order valence-corrected chi connectivity index (χ2v) is 7.44. The molecule has 0 spiro atoms. The van der Waals surface area contributed by atoms with E-state index >= 15 is 0 Å². The summed E-state index contributed by atoms with van der Waals surface area (Å²) in [6.07, 6.45) is 1.00. The lowest BCUT2D eigenvalue weighted by Gasteiger charge is -2.18. The van der Waals surface area contributed by atoms with Crippen molar-refractivity contribution >= 4 is 11.9 Å². The van der Waals surface area contributed by atoms with Gasteiger partial charge < -0.3 is 16.0 Å². The van der Waals surface area contributed by atoms with Crippen LogP contribution in [0.1, 0.15) is 36.4 Å². The van der Waals surface area contributed by atoms with Crippen LogP contribution in [0, 0.1) is 19.7 Å². The summed E-state index contributed by atoms with van der Waals surface area (Å²) in [5, 5.41) is 13.9. The molecule has 8 heteroatoms. The Kier molecular flexibility index (Phi) is 8.83. The lowest BCUT2D eigenvalue weighted by molar-refractivity contribution is -0.120. The van der Waals surface area contributed by atoms with Crippen LogP contribution < -0.4 is 16.0 Å². The van der Waals surface area contributed by atoms with E-state index in [9.17, 15) is 9.18 Å². The molecule has 1 atom stereocenters. The van der Waals surface area contributed by atoms with Crippen LogP contribution in [0.5, 0.6) is 0 Å². The molecule has 3 N–H and O–H groups in total. The number of nitrogens with one attached hydrogen (secondary N) is 3. The largest absolute Gasteiger partial charge is 0.357 e. The minimum atomic E-state index is -0.336. The number of aromatic nitrogens is 2. The smallest absolute Gasteiger partial charge is 0.224 e. The molecule has 164 valence electrons. The van der Waals surface area contributed by atoms with Gasteiger partial charge in [-0.1, -0.05) is 12.1 Å². The molecule has 30 heavy (non-hydrogen) atoms. The molecule has 0 bridgehead atoms. The Balaban J connectivity index is 1.82. The molecule has 2 aromatic rings. The predicted molar refractivity (Wildman–Crippen MR) is 118 cm³/mol. The Hall–Kier alpha value is -2.90. The average molecular weight is 417 g/mol. The molecule has 1 unspecified atom stereocenters. The molecule has 0 aliphatic heterocycles. The number of rotatable bonds is 9. The summed E-state index contributed by atoms with van der Waals surface area (Å²) >= 11 is 0. The van der Waals surface area contributed by atoms with E-state index < -0.39 is 0 Å². The second-order valence-electron chi connectivity index (χ2n) is 7.44. The molecule has 2 rings (SSSR count). The van der Waals surface area contributed by atoms with Gasteiger partial charge in [0.15, 0.2) is 5.96 Å². The zero-order valence-corrected chi connectivity index (χ0v) is 18.6. The van der Waals surface area contributed by atoms with Crippen molar-refractivity contribution in [3.63, 3.8) is 0 Å². The van der Waals surface area contributed by atoms with Crippen LogP contribution in [0.25, 0.3) is 0 Å². The normalized spacial score (nSPS) is 12.5. The van der Waals surface area contributed by atoms with Crippen LogP contribution in [0.2, 0.25) is 0 Å². The van der Waals surface area contributed by atoms with Crippen LogP contribution in [0.4, 0.5) is 4.39 Å². The third kappa shape index (κ3) is 7.17. The molecule has 1 aromatic heterocycles. The van der Waals surface area contributed by atoms with E-state index in [1.165, 1.54) is 23.4 Å². The lowest BCUT2D eigenvalue weighted by Crippen LogP contribution is -2.43. The van der Waals surface area contributed by atoms with Crippen LogP contribution in [0.3, 0.4) is 0 Å². The maximum absolute atomic E-state index is 13.2. The monoisotopic (exact) mass is 416 g/mol. The number of hydrogen-bond donors (Lipinski definition) is 3. The summed E-state index contributed by atoms with van der Waals surface area (Å²) in [7, 11) is 1.96. The number of amides is 1. The number of carbonyl (C=O) groups excluding carboxylic acids is 1. The van der Waals surface area contributed by atoms with E-state index in [2.05, 4.69) is 39.9 Å². The Morgan fingerprint density at radius 3 is 2.70 bits per heavy atom. The number of carbonyl (C=O) groups is 1. The SMILES string of the molecule is CCNC(=NCCNC(=O)Cc1cccc(F)c1)NC(C)Cc1c(C)nn(C)c1C. The first-order chi connectivity index (χ1) is 14.3. The van der Waals surface area contributed by atoms with Crippen molar-refractivity contribution in [2.75, 3.05) is 19.6 Å². The van der Waals surface area contributed by atoms with Gasteiger partial charge >= 0.3 is 0 Å². The zero-order chi connectivity index (χ0) is 22.1. The summed E-state index contributed by atoms with van der Waals surface area (Å²) in [6.45, 7) is 9.84. The number of aliphatic imine (C=N–C) groups is 1. The lowest BCUT2D eigenvalue weighted by atomic mass is 10.1. The number of hydrogen-bond acceptors (Lipinski definition) is 3. The minimum absolute atomic E-state index is 0.148. The van der Waals surface area contributed by atoms with Gasteiger partial charge in [-0.2, -0.15) is 5.10 Å². The van der Waals surface area contributed by atoms with Crippen molar-refractivity contribution in [1.29, 1.82) is 0 Å². The van der Waals surface area contributed by atoms with Gasteiger partial charge in [-0.3, -0.25) is 14.5 Å². The van der Waals surface area contributed by atoms with Gasteiger partial charge in [0.25, 0.3) is 0 Å². The van der Waals surface area contributed by atoms with Crippen molar-refractivity contribution < 1.29 is 9.18 Å². The van der Waals surface area contributed by atoms with E-state index in [-0.39, 0.29) is 24.2 Å². The van der Waals surface area contributed by atoms with Crippen LogP contribution in [0.15, 0.2) is 29.3 Å². The quantitative estimate of drug-likeness (QED) is 0.332. The van der Waals surface area contributed by atoms with E-state index in [4.69, 9.17) is 0 Å². The third-order valence-corrected chi connectivity index (χ3v) is 4.85. The fraction of sp³-hybridized carbons (Fsp3) is 0.500. The summed E-state index contributed by atoms with van der Waals surface area (Å²) in [5.74, 6) is 0.227. The van der Waals surface area contributed by atoms with Gasteiger partial charge in [0.05, 0.1) is 18.7 Å². The first-order valence-electron chi connectivity index (χ1n) is 10.3. The topological polar surface area (TPSA) is 83.3 Å². The van der Waals surface area contributed by atoms with Gasteiger partial charge in [0, 0.05) is 31.9 Å². The maximum Gasteiger partial charge on any atom is 0.224 e. The second kappa shape index (κ2) is 11.3. The molecule has 1 amide bonds. The molecule has 1 aromatic carbocycles. The first-order valence-corrected chi connectivity index (χ1v) is 10.3. The molecule has 7 nitrogen and oxygen atoms in total. The highest BCUT2D eigenvalue weighted by Gasteiger charge is 2.14. The summed E-state index contributed by atoms with van der Waals surface area (Å²) in [4.78, 5) is 16.6. The number of halogens is 1. The number of nitrogens with zero attached hydrogens (tertiary/aromatic N) is 3. The Bertz CT molecular complexity index is 877. The number of benzene rings is 1. The molecule has 1 heterocycles. The Morgan fingerprint density at radius 1 is 1.30 bits per heavy atom. The first kappa shape index (κ1) is 23.4. The highest BCUT2D eigenvalue weighted by atomic mass is 19.1.